The summed E-state index contributed by atoms with van der Waals surface area (Å²) < 4.78 is 0. The Morgan fingerprint density at radius 1 is 1.18 bits per heavy atom. The number of rotatable bonds is 6. The molecule has 0 aliphatic rings. The predicted molar refractivity (Wildman–Crippen MR) is 92.2 cm³/mol. The van der Waals surface area contributed by atoms with Crippen LogP contribution >= 0.6 is 11.6 Å². The number of para-hydroxylation sites is 1. The van der Waals surface area contributed by atoms with Crippen LogP contribution in [0.25, 0.3) is 0 Å². The molecule has 0 unspecified atom stereocenters. The lowest BCUT2D eigenvalue weighted by Crippen LogP contribution is -2.30. The van der Waals surface area contributed by atoms with E-state index in [4.69, 9.17) is 11.6 Å². The largest absolute Gasteiger partial charge is 0.325 e. The first-order valence-electron chi connectivity index (χ1n) is 7.39. The Bertz CT molecular complexity index is 642. The summed E-state index contributed by atoms with van der Waals surface area (Å²) in [6, 6.07) is 15.6. The monoisotopic (exact) mass is 316 g/mol. The Morgan fingerprint density at radius 2 is 1.95 bits per heavy atom. The highest BCUT2D eigenvalue weighted by Crippen LogP contribution is 2.16. The van der Waals surface area contributed by atoms with Crippen molar-refractivity contribution in [3.8, 4) is 0 Å². The highest BCUT2D eigenvalue weighted by molar-refractivity contribution is 6.30. The molecule has 3 nitrogen and oxygen atoms in total. The Morgan fingerprint density at radius 3 is 2.68 bits per heavy atom. The number of halogens is 1. The van der Waals surface area contributed by atoms with Crippen molar-refractivity contribution < 1.29 is 4.79 Å². The molecule has 0 aliphatic heterocycles. The SMILES string of the molecule is CCc1ccccc1NC(=O)CN(C)Cc1cccc(Cl)c1. The molecule has 2 rings (SSSR count). The number of amides is 1. The first-order chi connectivity index (χ1) is 10.6. The molecule has 2 aromatic rings. The van der Waals surface area contributed by atoms with Gasteiger partial charge in [-0.2, -0.15) is 0 Å². The van der Waals surface area contributed by atoms with E-state index in [9.17, 15) is 4.79 Å². The molecule has 0 aliphatic carbocycles. The van der Waals surface area contributed by atoms with Crippen LogP contribution < -0.4 is 5.32 Å². The summed E-state index contributed by atoms with van der Waals surface area (Å²) in [6.45, 7) is 3.10. The van der Waals surface area contributed by atoms with Crippen molar-refractivity contribution in [1.29, 1.82) is 0 Å². The van der Waals surface area contributed by atoms with E-state index in [1.807, 2.05) is 60.5 Å². The van der Waals surface area contributed by atoms with Crippen LogP contribution in [0.1, 0.15) is 18.1 Å². The summed E-state index contributed by atoms with van der Waals surface area (Å²) in [5.74, 6) is -0.00886. The third-order valence-electron chi connectivity index (χ3n) is 3.43. The van der Waals surface area contributed by atoms with Gasteiger partial charge in [0.25, 0.3) is 0 Å². The molecule has 0 saturated carbocycles. The number of aryl methyl sites for hydroxylation is 1. The topological polar surface area (TPSA) is 32.3 Å². The van der Waals surface area contributed by atoms with E-state index in [2.05, 4.69) is 12.2 Å². The maximum absolute atomic E-state index is 12.2. The molecule has 0 atom stereocenters. The normalized spacial score (nSPS) is 10.7. The second kappa shape index (κ2) is 7.97. The minimum absolute atomic E-state index is 0.00886. The fourth-order valence-corrected chi connectivity index (χ4v) is 2.60. The molecule has 0 spiro atoms. The number of likely N-dealkylation sites (N-methyl/N-ethyl adjacent to an activating group) is 1. The maximum Gasteiger partial charge on any atom is 0.238 e. The van der Waals surface area contributed by atoms with Crippen molar-refractivity contribution in [1.82, 2.24) is 4.90 Å². The van der Waals surface area contributed by atoms with Crippen molar-refractivity contribution >= 4 is 23.2 Å². The van der Waals surface area contributed by atoms with E-state index >= 15 is 0 Å². The van der Waals surface area contributed by atoms with E-state index < -0.39 is 0 Å². The zero-order valence-electron chi connectivity index (χ0n) is 13.0. The van der Waals surface area contributed by atoms with E-state index in [0.29, 0.717) is 18.1 Å². The molecule has 116 valence electrons. The molecular weight excluding hydrogens is 296 g/mol. The fraction of sp³-hybridized carbons (Fsp3) is 0.278. The van der Waals surface area contributed by atoms with Crippen molar-refractivity contribution in [2.24, 2.45) is 0 Å². The van der Waals surface area contributed by atoms with Gasteiger partial charge in [-0.1, -0.05) is 48.9 Å². The van der Waals surface area contributed by atoms with Gasteiger partial charge in [-0.15, -0.1) is 0 Å². The van der Waals surface area contributed by atoms with E-state index in [0.717, 1.165) is 23.2 Å². The van der Waals surface area contributed by atoms with Crippen molar-refractivity contribution in [3.63, 3.8) is 0 Å². The van der Waals surface area contributed by atoms with Gasteiger partial charge >= 0.3 is 0 Å². The first kappa shape index (κ1) is 16.5. The first-order valence-corrected chi connectivity index (χ1v) is 7.77. The van der Waals surface area contributed by atoms with Gasteiger partial charge in [0.15, 0.2) is 0 Å². The van der Waals surface area contributed by atoms with Crippen LogP contribution in [0.3, 0.4) is 0 Å². The van der Waals surface area contributed by atoms with Crippen molar-refractivity contribution in [3.05, 3.63) is 64.7 Å². The summed E-state index contributed by atoms with van der Waals surface area (Å²) in [6.07, 6.45) is 0.898. The minimum Gasteiger partial charge on any atom is -0.325 e. The summed E-state index contributed by atoms with van der Waals surface area (Å²) in [4.78, 5) is 14.1. The lowest BCUT2D eigenvalue weighted by molar-refractivity contribution is -0.117. The fourth-order valence-electron chi connectivity index (χ4n) is 2.39. The van der Waals surface area contributed by atoms with Gasteiger partial charge in [0, 0.05) is 17.3 Å². The highest BCUT2D eigenvalue weighted by Gasteiger charge is 2.09. The molecule has 0 bridgehead atoms. The Labute approximate surface area is 136 Å². The summed E-state index contributed by atoms with van der Waals surface area (Å²) in [5, 5.41) is 3.70. The number of anilines is 1. The Hall–Kier alpha value is -1.84. The second-order valence-electron chi connectivity index (χ2n) is 5.36. The van der Waals surface area contributed by atoms with E-state index in [-0.39, 0.29) is 5.91 Å². The lowest BCUT2D eigenvalue weighted by atomic mass is 10.1. The summed E-state index contributed by atoms with van der Waals surface area (Å²) >= 11 is 5.98. The van der Waals surface area contributed by atoms with Crippen LogP contribution in [0.2, 0.25) is 5.02 Å². The molecule has 0 heterocycles. The number of nitrogens with zero attached hydrogens (tertiary/aromatic N) is 1. The van der Waals surface area contributed by atoms with Gasteiger partial charge < -0.3 is 5.32 Å². The minimum atomic E-state index is -0.00886. The van der Waals surface area contributed by atoms with Gasteiger partial charge in [0.2, 0.25) is 5.91 Å². The van der Waals surface area contributed by atoms with Crippen LogP contribution in [0.5, 0.6) is 0 Å². The second-order valence-corrected chi connectivity index (χ2v) is 5.80. The Kier molecular flexibility index (Phi) is 5.99. The standard InChI is InChI=1S/C18H21ClN2O/c1-3-15-8-4-5-10-17(15)20-18(22)13-21(2)12-14-7-6-9-16(19)11-14/h4-11H,3,12-13H2,1-2H3,(H,20,22). The molecule has 22 heavy (non-hydrogen) atoms. The number of hydrogen-bond acceptors (Lipinski definition) is 2. The van der Waals surface area contributed by atoms with Gasteiger partial charge in [-0.25, -0.2) is 0 Å². The molecule has 1 N–H and O–H groups in total. The predicted octanol–water partition coefficient (Wildman–Crippen LogP) is 3.97. The van der Waals surface area contributed by atoms with Crippen LogP contribution in [0.15, 0.2) is 48.5 Å². The molecule has 1 amide bonds. The smallest absolute Gasteiger partial charge is 0.238 e. The maximum atomic E-state index is 12.2. The highest BCUT2D eigenvalue weighted by atomic mass is 35.5. The molecule has 2 aromatic carbocycles. The van der Waals surface area contributed by atoms with Crippen LogP contribution in [-0.2, 0) is 17.8 Å². The number of hydrogen-bond donors (Lipinski definition) is 1. The van der Waals surface area contributed by atoms with Crippen LogP contribution in [0.4, 0.5) is 5.69 Å². The van der Waals surface area contributed by atoms with E-state index in [1.54, 1.807) is 0 Å². The Balaban J connectivity index is 1.91. The summed E-state index contributed by atoms with van der Waals surface area (Å²) in [7, 11) is 1.92. The van der Waals surface area contributed by atoms with Crippen LogP contribution in [-0.4, -0.2) is 24.4 Å². The van der Waals surface area contributed by atoms with Crippen molar-refractivity contribution in [2.45, 2.75) is 19.9 Å². The summed E-state index contributed by atoms with van der Waals surface area (Å²) in [5.41, 5.74) is 3.14. The number of carbonyl (C=O) groups is 1. The third-order valence-corrected chi connectivity index (χ3v) is 3.66. The van der Waals surface area contributed by atoms with Gasteiger partial charge in [0.05, 0.1) is 6.54 Å². The molecule has 0 saturated heterocycles. The lowest BCUT2D eigenvalue weighted by Gasteiger charge is -2.17. The average molecular weight is 317 g/mol. The molecule has 0 aromatic heterocycles. The van der Waals surface area contributed by atoms with Crippen LogP contribution in [0, 0.1) is 0 Å². The molecule has 0 fully saturated rings. The quantitative estimate of drug-likeness (QED) is 0.874. The van der Waals surface area contributed by atoms with Crippen molar-refractivity contribution in [2.75, 3.05) is 18.9 Å². The third kappa shape index (κ3) is 4.86. The zero-order valence-corrected chi connectivity index (χ0v) is 13.7. The van der Waals surface area contributed by atoms with Gasteiger partial charge in [-0.3, -0.25) is 9.69 Å². The molecular formula is C18H21ClN2O. The molecule has 0 radical (unpaired) electrons. The number of carbonyl (C=O) groups excluding carboxylic acids is 1. The van der Waals surface area contributed by atoms with Gasteiger partial charge in [-0.05, 0) is 42.8 Å². The zero-order chi connectivity index (χ0) is 15.9. The average Bonchev–Trinajstić information content (AvgIpc) is 2.47. The molecule has 4 heteroatoms. The van der Waals surface area contributed by atoms with Gasteiger partial charge in [0.1, 0.15) is 0 Å². The number of nitrogens with one attached hydrogen (secondary N) is 1. The van der Waals surface area contributed by atoms with E-state index in [1.165, 1.54) is 0 Å². The number of benzene rings is 2.